The Morgan fingerprint density at radius 3 is 2.95 bits per heavy atom. The Balaban J connectivity index is 1.51. The third kappa shape index (κ3) is 3.08. The number of hydrogen-bond acceptors (Lipinski definition) is 3. The molecule has 0 aliphatic heterocycles. The number of para-hydroxylation sites is 2. The van der Waals surface area contributed by atoms with Crippen LogP contribution in [0.15, 0.2) is 47.1 Å². The van der Waals surface area contributed by atoms with E-state index in [2.05, 4.69) is 14.9 Å². The number of carbonyl (C=O) groups excluding carboxylic acids is 1. The van der Waals surface area contributed by atoms with E-state index in [1.165, 1.54) is 0 Å². The van der Waals surface area contributed by atoms with Crippen molar-refractivity contribution in [1.29, 1.82) is 0 Å². The summed E-state index contributed by atoms with van der Waals surface area (Å²) in [5.74, 6) is -0.0227. The van der Waals surface area contributed by atoms with E-state index in [1.807, 2.05) is 30.6 Å². The number of amides is 1. The summed E-state index contributed by atoms with van der Waals surface area (Å²) in [6.07, 6.45) is 2.62. The van der Waals surface area contributed by atoms with Gasteiger partial charge in [0.1, 0.15) is 0 Å². The molecule has 0 bridgehead atoms. The molecule has 2 heterocycles. The van der Waals surface area contributed by atoms with Crippen LogP contribution in [-0.2, 0) is 6.54 Å². The lowest BCUT2D eigenvalue weighted by Gasteiger charge is -2.05. The summed E-state index contributed by atoms with van der Waals surface area (Å²) in [5.41, 5.74) is 2.08. The van der Waals surface area contributed by atoms with Crippen molar-refractivity contribution in [2.24, 2.45) is 0 Å². The quantitative estimate of drug-likeness (QED) is 0.737. The zero-order chi connectivity index (χ0) is 14.7. The molecule has 0 saturated heterocycles. The Labute approximate surface area is 126 Å². The third-order valence-corrected chi connectivity index (χ3v) is 3.39. The van der Waals surface area contributed by atoms with Crippen LogP contribution < -0.4 is 5.32 Å². The second-order valence-corrected chi connectivity index (χ2v) is 5.01. The summed E-state index contributed by atoms with van der Waals surface area (Å²) in [5, 5.41) is 3.01. The molecule has 1 aromatic carbocycles. The monoisotopic (exact) mass is 303 g/mol. The predicted molar refractivity (Wildman–Crippen MR) is 80.4 cm³/mol. The maximum atomic E-state index is 11.7. The van der Waals surface area contributed by atoms with Crippen LogP contribution in [0.1, 0.15) is 17.0 Å². The average molecular weight is 304 g/mol. The number of hydrogen-bond donors (Lipinski definition) is 1. The van der Waals surface area contributed by atoms with Crippen LogP contribution in [0.4, 0.5) is 0 Å². The summed E-state index contributed by atoms with van der Waals surface area (Å²) in [6.45, 7) is 1.35. The van der Waals surface area contributed by atoms with Crippen molar-refractivity contribution >= 4 is 28.5 Å². The van der Waals surface area contributed by atoms with Crippen LogP contribution in [-0.4, -0.2) is 22.0 Å². The van der Waals surface area contributed by atoms with E-state index in [-0.39, 0.29) is 16.9 Å². The van der Waals surface area contributed by atoms with Gasteiger partial charge in [-0.2, -0.15) is 0 Å². The van der Waals surface area contributed by atoms with Gasteiger partial charge in [-0.15, -0.1) is 0 Å². The number of aromatic nitrogens is 2. The number of aryl methyl sites for hydroxylation is 1. The van der Waals surface area contributed by atoms with Crippen LogP contribution in [0.5, 0.6) is 0 Å². The Morgan fingerprint density at radius 2 is 2.14 bits per heavy atom. The summed E-state index contributed by atoms with van der Waals surface area (Å²) in [6, 6.07) is 11.1. The summed E-state index contributed by atoms with van der Waals surface area (Å²) < 4.78 is 7.12. The van der Waals surface area contributed by atoms with Crippen molar-refractivity contribution in [3.8, 4) is 0 Å². The van der Waals surface area contributed by atoms with Gasteiger partial charge in [-0.05, 0) is 42.3 Å². The SMILES string of the molecule is O=C(NCCCn1cnc2ccccc21)c1ccc(Cl)o1. The number of furan rings is 1. The van der Waals surface area contributed by atoms with E-state index in [4.69, 9.17) is 16.0 Å². The highest BCUT2D eigenvalue weighted by Crippen LogP contribution is 2.13. The highest BCUT2D eigenvalue weighted by atomic mass is 35.5. The van der Waals surface area contributed by atoms with E-state index in [0.717, 1.165) is 24.0 Å². The van der Waals surface area contributed by atoms with Gasteiger partial charge in [-0.3, -0.25) is 4.79 Å². The van der Waals surface area contributed by atoms with Gasteiger partial charge in [0.2, 0.25) is 0 Å². The van der Waals surface area contributed by atoms with Gasteiger partial charge >= 0.3 is 0 Å². The van der Waals surface area contributed by atoms with Gasteiger partial charge in [0, 0.05) is 13.1 Å². The lowest BCUT2D eigenvalue weighted by molar-refractivity contribution is 0.0925. The largest absolute Gasteiger partial charge is 0.440 e. The lowest BCUT2D eigenvalue weighted by atomic mass is 10.3. The fraction of sp³-hybridized carbons (Fsp3) is 0.200. The van der Waals surface area contributed by atoms with Crippen LogP contribution in [0, 0.1) is 0 Å². The molecule has 0 aliphatic rings. The molecule has 3 rings (SSSR count). The van der Waals surface area contributed by atoms with Crippen molar-refractivity contribution in [3.63, 3.8) is 0 Å². The Bertz CT molecular complexity index is 763. The molecule has 0 unspecified atom stereocenters. The van der Waals surface area contributed by atoms with Gasteiger partial charge in [-0.25, -0.2) is 4.98 Å². The number of nitrogens with zero attached hydrogens (tertiary/aromatic N) is 2. The molecule has 5 nitrogen and oxygen atoms in total. The van der Waals surface area contributed by atoms with Crippen molar-refractivity contribution < 1.29 is 9.21 Å². The standard InChI is InChI=1S/C15H14ClN3O2/c16-14-7-6-13(21-14)15(20)17-8-3-9-19-10-18-11-4-1-2-5-12(11)19/h1-2,4-7,10H,3,8-9H2,(H,17,20). The van der Waals surface area contributed by atoms with Gasteiger partial charge in [-0.1, -0.05) is 12.1 Å². The minimum atomic E-state index is -0.252. The van der Waals surface area contributed by atoms with Crippen LogP contribution in [0.2, 0.25) is 5.22 Å². The second-order valence-electron chi connectivity index (χ2n) is 4.64. The molecule has 0 aliphatic carbocycles. The molecule has 1 N–H and O–H groups in total. The number of fused-ring (bicyclic) bond motifs is 1. The first-order valence-electron chi connectivity index (χ1n) is 6.67. The second kappa shape index (κ2) is 6.01. The number of imidazole rings is 1. The molecular weight excluding hydrogens is 290 g/mol. The van der Waals surface area contributed by atoms with Gasteiger partial charge in [0.25, 0.3) is 5.91 Å². The molecule has 6 heteroatoms. The molecule has 3 aromatic rings. The fourth-order valence-electron chi connectivity index (χ4n) is 2.16. The van der Waals surface area contributed by atoms with E-state index in [0.29, 0.717) is 6.54 Å². The molecule has 21 heavy (non-hydrogen) atoms. The van der Waals surface area contributed by atoms with Gasteiger partial charge in [0.05, 0.1) is 17.4 Å². The van der Waals surface area contributed by atoms with Crippen molar-refractivity contribution in [2.45, 2.75) is 13.0 Å². The molecule has 0 fully saturated rings. The Morgan fingerprint density at radius 1 is 1.29 bits per heavy atom. The number of nitrogens with one attached hydrogen (secondary N) is 1. The van der Waals surface area contributed by atoms with Crippen molar-refractivity contribution in [1.82, 2.24) is 14.9 Å². The number of carbonyl (C=O) groups is 1. The third-order valence-electron chi connectivity index (χ3n) is 3.19. The van der Waals surface area contributed by atoms with E-state index in [1.54, 1.807) is 12.1 Å². The van der Waals surface area contributed by atoms with Crippen molar-refractivity contribution in [3.05, 3.63) is 53.7 Å². The maximum absolute atomic E-state index is 11.7. The first-order chi connectivity index (χ1) is 10.2. The number of halogens is 1. The molecule has 108 valence electrons. The summed E-state index contributed by atoms with van der Waals surface area (Å²) in [7, 11) is 0. The molecule has 0 radical (unpaired) electrons. The molecule has 2 aromatic heterocycles. The highest BCUT2D eigenvalue weighted by Gasteiger charge is 2.09. The first kappa shape index (κ1) is 13.7. The lowest BCUT2D eigenvalue weighted by Crippen LogP contribution is -2.24. The first-order valence-corrected chi connectivity index (χ1v) is 7.05. The zero-order valence-electron chi connectivity index (χ0n) is 11.3. The molecule has 1 amide bonds. The van der Waals surface area contributed by atoms with Crippen LogP contribution in [0.25, 0.3) is 11.0 Å². The Kier molecular flexibility index (Phi) is 3.92. The minimum Gasteiger partial charge on any atom is -0.440 e. The fourth-order valence-corrected chi connectivity index (χ4v) is 2.31. The number of rotatable bonds is 5. The maximum Gasteiger partial charge on any atom is 0.287 e. The smallest absolute Gasteiger partial charge is 0.287 e. The van der Waals surface area contributed by atoms with E-state index < -0.39 is 0 Å². The highest BCUT2D eigenvalue weighted by molar-refractivity contribution is 6.29. The minimum absolute atomic E-state index is 0.213. The van der Waals surface area contributed by atoms with Crippen LogP contribution >= 0.6 is 11.6 Å². The van der Waals surface area contributed by atoms with Gasteiger partial charge in [0.15, 0.2) is 11.0 Å². The summed E-state index contributed by atoms with van der Waals surface area (Å²) in [4.78, 5) is 16.1. The normalized spacial score (nSPS) is 10.9. The zero-order valence-corrected chi connectivity index (χ0v) is 12.0. The Hall–Kier alpha value is -2.27. The predicted octanol–water partition coefficient (Wildman–Crippen LogP) is 3.10. The molecular formula is C15H14ClN3O2. The van der Waals surface area contributed by atoms with Crippen LogP contribution in [0.3, 0.4) is 0 Å². The molecule has 0 atom stereocenters. The number of benzene rings is 1. The molecule has 0 saturated carbocycles. The van der Waals surface area contributed by atoms with E-state index >= 15 is 0 Å². The average Bonchev–Trinajstić information content (AvgIpc) is 3.10. The topological polar surface area (TPSA) is 60.1 Å². The van der Waals surface area contributed by atoms with Gasteiger partial charge < -0.3 is 14.3 Å². The van der Waals surface area contributed by atoms with Crippen molar-refractivity contribution in [2.75, 3.05) is 6.54 Å². The summed E-state index contributed by atoms with van der Waals surface area (Å²) >= 11 is 5.63. The molecule has 0 spiro atoms. The van der Waals surface area contributed by atoms with E-state index in [9.17, 15) is 4.79 Å².